The molecule has 0 fully saturated rings. The highest BCUT2D eigenvalue weighted by Gasteiger charge is 2.38. The third kappa shape index (κ3) is 7.33. The number of H-pyrrole nitrogens is 1. The van der Waals surface area contributed by atoms with Crippen LogP contribution < -0.4 is 10.1 Å². The van der Waals surface area contributed by atoms with Gasteiger partial charge in [-0.3, -0.25) is 0 Å². The number of hydrogen-bond donors (Lipinski definition) is 2. The van der Waals surface area contributed by atoms with Crippen LogP contribution in [0.4, 0.5) is 0 Å². The van der Waals surface area contributed by atoms with Crippen LogP contribution in [0.3, 0.4) is 0 Å². The number of aromatic nitrogens is 2. The molecule has 1 aliphatic rings. The lowest BCUT2D eigenvalue weighted by molar-refractivity contribution is -0.138. The fourth-order valence-corrected chi connectivity index (χ4v) is 5.22. The van der Waals surface area contributed by atoms with Gasteiger partial charge in [0.05, 0.1) is 24.2 Å². The minimum atomic E-state index is -0.706. The molecule has 1 atom stereocenters. The predicted octanol–water partition coefficient (Wildman–Crippen LogP) is 6.24. The summed E-state index contributed by atoms with van der Waals surface area (Å²) in [6.07, 6.45) is 7.97. The Morgan fingerprint density at radius 1 is 0.886 bits per heavy atom. The van der Waals surface area contributed by atoms with Crippen molar-refractivity contribution in [2.45, 2.75) is 32.8 Å². The molecule has 5 rings (SSSR count). The van der Waals surface area contributed by atoms with E-state index in [9.17, 15) is 9.59 Å². The minimum absolute atomic E-state index is 0.0625. The van der Waals surface area contributed by atoms with E-state index >= 15 is 0 Å². The normalized spacial score (nSPS) is 14.8. The minimum Gasteiger partial charge on any atom is -0.489 e. The molecule has 0 spiro atoms. The first kappa shape index (κ1) is 30.1. The summed E-state index contributed by atoms with van der Waals surface area (Å²) in [6.45, 7) is 4.05. The van der Waals surface area contributed by atoms with Crippen LogP contribution in [0.15, 0.2) is 120 Å². The second kappa shape index (κ2) is 14.2. The zero-order valence-corrected chi connectivity index (χ0v) is 25.0. The quantitative estimate of drug-likeness (QED) is 0.200. The number of hydrogen-bond acceptors (Lipinski definition) is 7. The highest BCUT2D eigenvalue weighted by molar-refractivity contribution is 5.99. The van der Waals surface area contributed by atoms with Crippen LogP contribution in [0.5, 0.6) is 5.75 Å². The number of esters is 2. The number of rotatable bonds is 11. The van der Waals surface area contributed by atoms with Crippen molar-refractivity contribution in [1.82, 2.24) is 15.3 Å². The number of nitrogens with zero attached hydrogens (tertiary/aromatic N) is 1. The van der Waals surface area contributed by atoms with Crippen molar-refractivity contribution < 1.29 is 23.8 Å². The summed E-state index contributed by atoms with van der Waals surface area (Å²) in [6, 6.07) is 25.4. The van der Waals surface area contributed by atoms with Crippen LogP contribution in [-0.4, -0.2) is 35.6 Å². The molecule has 0 bridgehead atoms. The molecular formula is C36H35N3O5. The SMILES string of the molecule is COC(=O)C1=C(C)NC(C)=C(C(=O)OCC=Cc2ccc(Cc3ncc[nH]3)cc2)C1c1cccc(OCc2ccccc2)c1. The number of imidazole rings is 1. The van der Waals surface area contributed by atoms with E-state index in [0.717, 1.165) is 28.9 Å². The number of ether oxygens (including phenoxy) is 3. The van der Waals surface area contributed by atoms with Gasteiger partial charge in [-0.05, 0) is 54.3 Å². The molecule has 4 aromatic rings. The fourth-order valence-electron chi connectivity index (χ4n) is 5.22. The molecule has 0 saturated heterocycles. The maximum atomic E-state index is 13.6. The second-order valence-electron chi connectivity index (χ2n) is 10.4. The van der Waals surface area contributed by atoms with Crippen LogP contribution in [0.1, 0.15) is 47.8 Å². The molecule has 0 aliphatic carbocycles. The third-order valence-corrected chi connectivity index (χ3v) is 7.35. The van der Waals surface area contributed by atoms with Gasteiger partial charge in [0.2, 0.25) is 0 Å². The van der Waals surface area contributed by atoms with Crippen molar-refractivity contribution >= 4 is 18.0 Å². The van der Waals surface area contributed by atoms with E-state index in [2.05, 4.69) is 15.3 Å². The molecule has 8 nitrogen and oxygen atoms in total. The van der Waals surface area contributed by atoms with E-state index in [-0.39, 0.29) is 6.61 Å². The summed E-state index contributed by atoms with van der Waals surface area (Å²) >= 11 is 0. The molecule has 0 amide bonds. The lowest BCUT2D eigenvalue weighted by atomic mass is 9.80. The smallest absolute Gasteiger partial charge is 0.337 e. The van der Waals surface area contributed by atoms with Crippen molar-refractivity contribution in [3.8, 4) is 5.75 Å². The van der Waals surface area contributed by atoms with E-state index in [1.807, 2.05) is 91.1 Å². The van der Waals surface area contributed by atoms with Gasteiger partial charge < -0.3 is 24.5 Å². The Morgan fingerprint density at radius 3 is 2.34 bits per heavy atom. The largest absolute Gasteiger partial charge is 0.489 e. The van der Waals surface area contributed by atoms with Gasteiger partial charge in [0.1, 0.15) is 24.8 Å². The van der Waals surface area contributed by atoms with Gasteiger partial charge in [0.25, 0.3) is 0 Å². The number of nitrogens with one attached hydrogen (secondary N) is 2. The summed E-state index contributed by atoms with van der Waals surface area (Å²) in [7, 11) is 1.33. The molecule has 8 heteroatoms. The Hall–Kier alpha value is -5.37. The highest BCUT2D eigenvalue weighted by Crippen LogP contribution is 2.40. The molecule has 3 aromatic carbocycles. The summed E-state index contributed by atoms with van der Waals surface area (Å²) in [5.74, 6) is -0.226. The van der Waals surface area contributed by atoms with Crippen LogP contribution in [0.2, 0.25) is 0 Å². The second-order valence-corrected chi connectivity index (χ2v) is 10.4. The number of carbonyl (C=O) groups excluding carboxylic acids is 2. The topological polar surface area (TPSA) is 103 Å². The molecule has 2 N–H and O–H groups in total. The summed E-state index contributed by atoms with van der Waals surface area (Å²) in [5, 5.41) is 3.18. The molecule has 1 aliphatic heterocycles. The number of carbonyl (C=O) groups is 2. The molecule has 0 saturated carbocycles. The van der Waals surface area contributed by atoms with Gasteiger partial charge in [-0.2, -0.15) is 0 Å². The molecule has 1 unspecified atom stereocenters. The lowest BCUT2D eigenvalue weighted by Gasteiger charge is -2.30. The molecule has 0 radical (unpaired) electrons. The Bertz CT molecular complexity index is 1690. The first-order valence-electron chi connectivity index (χ1n) is 14.4. The maximum absolute atomic E-state index is 13.6. The third-order valence-electron chi connectivity index (χ3n) is 7.35. The first-order valence-corrected chi connectivity index (χ1v) is 14.4. The lowest BCUT2D eigenvalue weighted by Crippen LogP contribution is -2.32. The van der Waals surface area contributed by atoms with Gasteiger partial charge >= 0.3 is 11.9 Å². The van der Waals surface area contributed by atoms with Gasteiger partial charge in [0.15, 0.2) is 0 Å². The molecule has 44 heavy (non-hydrogen) atoms. The van der Waals surface area contributed by atoms with E-state index in [4.69, 9.17) is 14.2 Å². The van der Waals surface area contributed by atoms with Crippen LogP contribution in [0.25, 0.3) is 6.08 Å². The number of methoxy groups -OCH3 is 1. The van der Waals surface area contributed by atoms with Gasteiger partial charge in [-0.25, -0.2) is 14.6 Å². The molecule has 1 aromatic heterocycles. The summed E-state index contributed by atoms with van der Waals surface area (Å²) < 4.78 is 16.9. The number of allylic oxidation sites excluding steroid dienone is 2. The fraction of sp³-hybridized carbons (Fsp3) is 0.194. The van der Waals surface area contributed by atoms with Crippen molar-refractivity contribution in [2.24, 2.45) is 0 Å². The van der Waals surface area contributed by atoms with Crippen LogP contribution in [-0.2, 0) is 32.1 Å². The molecular weight excluding hydrogens is 554 g/mol. The average molecular weight is 590 g/mol. The van der Waals surface area contributed by atoms with Crippen molar-refractivity contribution in [1.29, 1.82) is 0 Å². The number of dihydropyridines is 1. The summed E-state index contributed by atoms with van der Waals surface area (Å²) in [4.78, 5) is 34.0. The average Bonchev–Trinajstić information content (AvgIpc) is 3.56. The van der Waals surface area contributed by atoms with E-state index in [1.165, 1.54) is 7.11 Å². The molecule has 2 heterocycles. The monoisotopic (exact) mass is 589 g/mol. The first-order chi connectivity index (χ1) is 21.4. The van der Waals surface area contributed by atoms with Crippen molar-refractivity contribution in [3.63, 3.8) is 0 Å². The maximum Gasteiger partial charge on any atom is 0.337 e. The number of benzene rings is 3. The van der Waals surface area contributed by atoms with Crippen LogP contribution in [0, 0.1) is 0 Å². The van der Waals surface area contributed by atoms with Crippen molar-refractivity contribution in [2.75, 3.05) is 13.7 Å². The molecule has 224 valence electrons. The van der Waals surface area contributed by atoms with Gasteiger partial charge in [-0.1, -0.05) is 72.8 Å². The highest BCUT2D eigenvalue weighted by atomic mass is 16.5. The van der Waals surface area contributed by atoms with Gasteiger partial charge in [-0.15, -0.1) is 0 Å². The number of aromatic amines is 1. The van der Waals surface area contributed by atoms with Gasteiger partial charge in [0, 0.05) is 30.2 Å². The van der Waals surface area contributed by atoms with Crippen molar-refractivity contribution in [3.05, 3.63) is 148 Å². The Balaban J connectivity index is 1.31. The van der Waals surface area contributed by atoms with Crippen LogP contribution >= 0.6 is 0 Å². The van der Waals surface area contributed by atoms with E-state index < -0.39 is 17.9 Å². The zero-order valence-electron chi connectivity index (χ0n) is 25.0. The summed E-state index contributed by atoms with van der Waals surface area (Å²) in [5.41, 5.74) is 5.77. The van der Waals surface area contributed by atoms with E-state index in [1.54, 1.807) is 26.1 Å². The Kier molecular flexibility index (Phi) is 9.71. The Morgan fingerprint density at radius 2 is 1.64 bits per heavy atom. The standard InChI is InChI=1S/C36H35N3O5/c1-24-32(35(40)42-3)34(29-12-7-13-30(22-29)44-23-28-9-5-4-6-10-28)33(25(2)39-24)36(41)43-20-8-11-26-14-16-27(17-15-26)21-31-37-18-19-38-31/h4-19,22,34,39H,20-21,23H2,1-3H3,(H,37,38). The predicted molar refractivity (Wildman–Crippen MR) is 168 cm³/mol. The van der Waals surface area contributed by atoms with E-state index in [0.29, 0.717) is 40.5 Å². The Labute approximate surface area is 257 Å². The zero-order chi connectivity index (χ0) is 30.9.